The van der Waals surface area contributed by atoms with Crippen LogP contribution in [0.4, 0.5) is 0 Å². The number of benzene rings is 2. The van der Waals surface area contributed by atoms with Crippen molar-refractivity contribution < 1.29 is 19.0 Å². The fraction of sp³-hybridized carbons (Fsp3) is 0.350. The summed E-state index contributed by atoms with van der Waals surface area (Å²) in [4.78, 5) is 12.7. The van der Waals surface area contributed by atoms with Gasteiger partial charge in [0.25, 0.3) is 5.91 Å². The summed E-state index contributed by atoms with van der Waals surface area (Å²) < 4.78 is 16.4. The molecular formula is C20H25NO4. The van der Waals surface area contributed by atoms with E-state index in [9.17, 15) is 4.79 Å². The van der Waals surface area contributed by atoms with E-state index in [0.717, 1.165) is 5.56 Å². The maximum absolute atomic E-state index is 12.7. The van der Waals surface area contributed by atoms with Crippen LogP contribution in [0, 0.1) is 0 Å². The second-order valence-electron chi connectivity index (χ2n) is 5.97. The molecule has 25 heavy (non-hydrogen) atoms. The van der Waals surface area contributed by atoms with E-state index in [1.54, 1.807) is 26.4 Å². The van der Waals surface area contributed by atoms with Gasteiger partial charge in [0, 0.05) is 5.56 Å². The predicted octanol–water partition coefficient (Wildman–Crippen LogP) is 3.98. The summed E-state index contributed by atoms with van der Waals surface area (Å²) in [5.74, 6) is 1.77. The number of ether oxygens (including phenoxy) is 3. The molecule has 0 spiro atoms. The molecule has 5 nitrogen and oxygen atoms in total. The molecule has 1 amide bonds. The molecule has 2 rings (SSSR count). The zero-order valence-corrected chi connectivity index (χ0v) is 15.3. The Morgan fingerprint density at radius 1 is 0.960 bits per heavy atom. The first-order valence-electron chi connectivity index (χ1n) is 8.24. The summed E-state index contributed by atoms with van der Waals surface area (Å²) >= 11 is 0. The number of carbonyl (C=O) groups excluding carboxylic acids is 1. The second kappa shape index (κ2) is 8.42. The van der Waals surface area contributed by atoms with Gasteiger partial charge in [-0.05, 0) is 51.1 Å². The van der Waals surface area contributed by atoms with E-state index in [1.807, 2.05) is 51.1 Å². The van der Waals surface area contributed by atoms with Crippen LogP contribution in [0.2, 0.25) is 0 Å². The van der Waals surface area contributed by atoms with Gasteiger partial charge in [0.2, 0.25) is 0 Å². The minimum Gasteiger partial charge on any atom is -0.497 e. The first-order chi connectivity index (χ1) is 12.0. The highest BCUT2D eigenvalue weighted by molar-refractivity contribution is 5.97. The van der Waals surface area contributed by atoms with Crippen LogP contribution >= 0.6 is 0 Å². The fourth-order valence-electron chi connectivity index (χ4n) is 2.54. The van der Waals surface area contributed by atoms with Crippen LogP contribution in [-0.4, -0.2) is 26.2 Å². The van der Waals surface area contributed by atoms with Gasteiger partial charge in [0.15, 0.2) is 0 Å². The van der Waals surface area contributed by atoms with Gasteiger partial charge < -0.3 is 19.5 Å². The highest BCUT2D eigenvalue weighted by atomic mass is 16.5. The Balaban J connectivity index is 2.24. The monoisotopic (exact) mass is 343 g/mol. The summed E-state index contributed by atoms with van der Waals surface area (Å²) in [6.45, 7) is 5.76. The number of rotatable bonds is 7. The largest absolute Gasteiger partial charge is 0.497 e. The van der Waals surface area contributed by atoms with Crippen molar-refractivity contribution in [3.05, 3.63) is 53.6 Å². The molecule has 0 heterocycles. The van der Waals surface area contributed by atoms with Crippen molar-refractivity contribution >= 4 is 5.91 Å². The number of para-hydroxylation sites is 1. The van der Waals surface area contributed by atoms with Crippen LogP contribution in [0.3, 0.4) is 0 Å². The van der Waals surface area contributed by atoms with E-state index in [-0.39, 0.29) is 18.1 Å². The van der Waals surface area contributed by atoms with E-state index in [0.29, 0.717) is 22.8 Å². The molecule has 2 aromatic rings. The lowest BCUT2D eigenvalue weighted by Gasteiger charge is -2.19. The van der Waals surface area contributed by atoms with E-state index in [1.165, 1.54) is 0 Å². The number of amides is 1. The first-order valence-corrected chi connectivity index (χ1v) is 8.24. The normalized spacial score (nSPS) is 11.8. The zero-order valence-electron chi connectivity index (χ0n) is 15.3. The van der Waals surface area contributed by atoms with Gasteiger partial charge in [0.05, 0.1) is 31.9 Å². The van der Waals surface area contributed by atoms with Gasteiger partial charge >= 0.3 is 0 Å². The predicted molar refractivity (Wildman–Crippen MR) is 97.6 cm³/mol. The lowest BCUT2D eigenvalue weighted by molar-refractivity contribution is 0.0933. The molecule has 0 bridgehead atoms. The Kier molecular flexibility index (Phi) is 6.28. The minimum absolute atomic E-state index is 0.00940. The molecule has 0 aliphatic rings. The molecule has 1 N–H and O–H groups in total. The van der Waals surface area contributed by atoms with Gasteiger partial charge in [0.1, 0.15) is 17.2 Å². The van der Waals surface area contributed by atoms with E-state index in [2.05, 4.69) is 5.32 Å². The molecule has 5 heteroatoms. The van der Waals surface area contributed by atoms with Gasteiger partial charge in [-0.2, -0.15) is 0 Å². The van der Waals surface area contributed by atoms with E-state index >= 15 is 0 Å². The number of hydrogen-bond acceptors (Lipinski definition) is 4. The Hall–Kier alpha value is -2.69. The molecule has 0 aliphatic carbocycles. The van der Waals surface area contributed by atoms with Gasteiger partial charge in [-0.3, -0.25) is 4.79 Å². The van der Waals surface area contributed by atoms with Crippen LogP contribution < -0.4 is 19.5 Å². The summed E-state index contributed by atoms with van der Waals surface area (Å²) in [7, 11) is 3.21. The van der Waals surface area contributed by atoms with Crippen LogP contribution in [0.1, 0.15) is 42.7 Å². The maximum atomic E-state index is 12.7. The third kappa shape index (κ3) is 4.66. The van der Waals surface area contributed by atoms with Gasteiger partial charge in [-0.15, -0.1) is 0 Å². The van der Waals surface area contributed by atoms with E-state index in [4.69, 9.17) is 14.2 Å². The Bertz CT molecular complexity index is 727. The van der Waals surface area contributed by atoms with Crippen molar-refractivity contribution in [2.75, 3.05) is 14.2 Å². The Labute approximate surface area is 148 Å². The molecule has 0 aliphatic heterocycles. The van der Waals surface area contributed by atoms with E-state index < -0.39 is 0 Å². The topological polar surface area (TPSA) is 56.8 Å². The van der Waals surface area contributed by atoms with Crippen molar-refractivity contribution in [2.24, 2.45) is 0 Å². The quantitative estimate of drug-likeness (QED) is 0.826. The molecule has 0 fully saturated rings. The molecule has 0 saturated carbocycles. The lowest BCUT2D eigenvalue weighted by atomic mass is 10.1. The minimum atomic E-state index is -0.260. The zero-order chi connectivity index (χ0) is 18.4. The molecule has 134 valence electrons. The summed E-state index contributed by atoms with van der Waals surface area (Å²) in [5.41, 5.74) is 1.35. The van der Waals surface area contributed by atoms with Crippen molar-refractivity contribution in [3.8, 4) is 17.2 Å². The molecule has 1 unspecified atom stereocenters. The van der Waals surface area contributed by atoms with Gasteiger partial charge in [-0.1, -0.05) is 12.1 Å². The molecular weight excluding hydrogens is 318 g/mol. The third-order valence-corrected chi connectivity index (χ3v) is 3.75. The second-order valence-corrected chi connectivity index (χ2v) is 5.97. The smallest absolute Gasteiger partial charge is 0.255 e. The maximum Gasteiger partial charge on any atom is 0.255 e. The van der Waals surface area contributed by atoms with Crippen molar-refractivity contribution in [1.82, 2.24) is 5.32 Å². The fourth-order valence-corrected chi connectivity index (χ4v) is 2.54. The highest BCUT2D eigenvalue weighted by Crippen LogP contribution is 2.30. The number of nitrogens with one attached hydrogen (secondary N) is 1. The molecule has 0 radical (unpaired) electrons. The van der Waals surface area contributed by atoms with Crippen LogP contribution in [0.25, 0.3) is 0 Å². The molecule has 2 aromatic carbocycles. The third-order valence-electron chi connectivity index (χ3n) is 3.75. The van der Waals surface area contributed by atoms with Crippen LogP contribution in [-0.2, 0) is 0 Å². The first kappa shape index (κ1) is 18.6. The van der Waals surface area contributed by atoms with Gasteiger partial charge in [-0.25, -0.2) is 0 Å². The van der Waals surface area contributed by atoms with Crippen molar-refractivity contribution in [3.63, 3.8) is 0 Å². The molecule has 0 saturated heterocycles. The number of methoxy groups -OCH3 is 2. The summed E-state index contributed by atoms with van der Waals surface area (Å²) in [6.07, 6.45) is -0.00940. The average Bonchev–Trinajstić information content (AvgIpc) is 2.60. The average molecular weight is 343 g/mol. The molecule has 0 aromatic heterocycles. The number of carbonyl (C=O) groups is 1. The Morgan fingerprint density at radius 3 is 2.32 bits per heavy atom. The lowest BCUT2D eigenvalue weighted by Crippen LogP contribution is -2.27. The molecule has 1 atom stereocenters. The van der Waals surface area contributed by atoms with Crippen LogP contribution in [0.5, 0.6) is 17.2 Å². The highest BCUT2D eigenvalue weighted by Gasteiger charge is 2.19. The SMILES string of the molecule is COc1ccc(OC)c(C(C)NC(=O)c2ccccc2OC(C)C)c1. The number of hydrogen-bond donors (Lipinski definition) is 1. The summed E-state index contributed by atoms with van der Waals surface area (Å²) in [5, 5.41) is 3.00. The van der Waals surface area contributed by atoms with Crippen molar-refractivity contribution in [1.29, 1.82) is 0 Å². The van der Waals surface area contributed by atoms with Crippen molar-refractivity contribution in [2.45, 2.75) is 32.9 Å². The standard InChI is InChI=1S/C20H25NO4/c1-13(2)25-19-9-7-6-8-16(19)20(22)21-14(3)17-12-15(23-4)10-11-18(17)24-5/h6-14H,1-5H3,(H,21,22). The van der Waals surface area contributed by atoms with Crippen LogP contribution in [0.15, 0.2) is 42.5 Å². The summed E-state index contributed by atoms with van der Waals surface area (Å²) in [6, 6.07) is 12.5. The Morgan fingerprint density at radius 2 is 1.68 bits per heavy atom.